The molecule has 2 rings (SSSR count). The number of rotatable bonds is 5. The fraction of sp³-hybridized carbons (Fsp3) is 0.385. The highest BCUT2D eigenvalue weighted by atomic mass is 32.1. The number of aryl methyl sites for hydroxylation is 1. The van der Waals surface area contributed by atoms with E-state index in [2.05, 4.69) is 18.9 Å². The van der Waals surface area contributed by atoms with Crippen molar-refractivity contribution in [2.45, 2.75) is 26.8 Å². The Hall–Kier alpha value is -1.42. The first-order valence-corrected chi connectivity index (χ1v) is 6.70. The summed E-state index contributed by atoms with van der Waals surface area (Å²) in [6.07, 6.45) is 3.79. The topological polar surface area (TPSA) is 34.9 Å². The summed E-state index contributed by atoms with van der Waals surface area (Å²) in [7, 11) is 0. The Morgan fingerprint density at radius 2 is 2.35 bits per heavy atom. The number of carbonyl (C=O) groups excluding carboxylic acids is 1. The first-order valence-electron chi connectivity index (χ1n) is 5.76. The number of hydrogen-bond donors (Lipinski definition) is 0. The fourth-order valence-corrected chi connectivity index (χ4v) is 2.29. The molecule has 0 N–H and O–H groups in total. The van der Waals surface area contributed by atoms with Crippen LogP contribution in [0.2, 0.25) is 0 Å². The molecule has 0 saturated carbocycles. The summed E-state index contributed by atoms with van der Waals surface area (Å²) in [6.45, 7) is 5.23. The van der Waals surface area contributed by atoms with E-state index in [9.17, 15) is 4.79 Å². The molecule has 2 heterocycles. The van der Waals surface area contributed by atoms with Gasteiger partial charge < -0.3 is 0 Å². The van der Waals surface area contributed by atoms with Crippen LogP contribution in [0.25, 0.3) is 11.3 Å². The van der Waals surface area contributed by atoms with E-state index >= 15 is 0 Å². The van der Waals surface area contributed by atoms with Crippen LogP contribution in [-0.2, 0) is 6.54 Å². The van der Waals surface area contributed by atoms with Gasteiger partial charge in [-0.2, -0.15) is 16.4 Å². The lowest BCUT2D eigenvalue weighted by Crippen LogP contribution is -2.01. The van der Waals surface area contributed by atoms with Gasteiger partial charge >= 0.3 is 0 Å². The van der Waals surface area contributed by atoms with Crippen molar-refractivity contribution in [3.05, 3.63) is 28.6 Å². The summed E-state index contributed by atoms with van der Waals surface area (Å²) < 4.78 is 1.87. The number of carbonyl (C=O) groups is 1. The number of thiophene rings is 1. The summed E-state index contributed by atoms with van der Waals surface area (Å²) in [5, 5.41) is 8.50. The van der Waals surface area contributed by atoms with E-state index in [1.807, 2.05) is 27.7 Å². The maximum Gasteiger partial charge on any atom is 0.153 e. The van der Waals surface area contributed by atoms with Crippen molar-refractivity contribution < 1.29 is 4.79 Å². The zero-order valence-electron chi connectivity index (χ0n) is 10.1. The Bertz CT molecular complexity index is 485. The molecule has 0 unspecified atom stereocenters. The molecule has 0 aliphatic heterocycles. The summed E-state index contributed by atoms with van der Waals surface area (Å²) in [4.78, 5) is 11.0. The largest absolute Gasteiger partial charge is 0.298 e. The molecule has 3 nitrogen and oxygen atoms in total. The number of aldehydes is 1. The molecule has 2 aromatic rings. The van der Waals surface area contributed by atoms with Crippen molar-refractivity contribution in [1.29, 1.82) is 0 Å². The molecular weight excluding hydrogens is 232 g/mol. The van der Waals surface area contributed by atoms with Crippen LogP contribution in [0.15, 0.2) is 23.0 Å². The molecule has 90 valence electrons. The van der Waals surface area contributed by atoms with E-state index < -0.39 is 0 Å². The van der Waals surface area contributed by atoms with Gasteiger partial charge in [-0.25, -0.2) is 0 Å². The second kappa shape index (κ2) is 5.27. The van der Waals surface area contributed by atoms with Gasteiger partial charge in [0.2, 0.25) is 0 Å². The van der Waals surface area contributed by atoms with Crippen LogP contribution in [0, 0.1) is 5.92 Å². The van der Waals surface area contributed by atoms with Crippen molar-refractivity contribution in [3.63, 3.8) is 0 Å². The van der Waals surface area contributed by atoms with Gasteiger partial charge in [-0.1, -0.05) is 13.8 Å². The van der Waals surface area contributed by atoms with E-state index in [1.54, 1.807) is 11.3 Å². The highest BCUT2D eigenvalue weighted by Gasteiger charge is 2.10. The van der Waals surface area contributed by atoms with Gasteiger partial charge in [0.05, 0.1) is 5.56 Å². The SMILES string of the molecule is CC(C)CCn1cc(C=O)c(-c2ccsc2)n1. The Labute approximate surface area is 105 Å². The first-order chi connectivity index (χ1) is 8.20. The van der Waals surface area contributed by atoms with Gasteiger partial charge in [0.25, 0.3) is 0 Å². The lowest BCUT2D eigenvalue weighted by atomic mass is 10.1. The van der Waals surface area contributed by atoms with Gasteiger partial charge in [0.15, 0.2) is 6.29 Å². The second-order valence-corrected chi connectivity index (χ2v) is 5.29. The summed E-state index contributed by atoms with van der Waals surface area (Å²) in [6, 6.07) is 1.99. The third kappa shape index (κ3) is 2.82. The molecule has 0 spiro atoms. The molecule has 0 aliphatic carbocycles. The van der Waals surface area contributed by atoms with Gasteiger partial charge in [0.1, 0.15) is 5.69 Å². The molecule has 0 radical (unpaired) electrons. The predicted octanol–water partition coefficient (Wildman–Crippen LogP) is 3.47. The van der Waals surface area contributed by atoms with Gasteiger partial charge in [-0.3, -0.25) is 9.48 Å². The van der Waals surface area contributed by atoms with E-state index in [0.29, 0.717) is 11.5 Å². The maximum absolute atomic E-state index is 11.0. The fourth-order valence-electron chi connectivity index (χ4n) is 1.65. The van der Waals surface area contributed by atoms with Crippen LogP contribution < -0.4 is 0 Å². The Morgan fingerprint density at radius 1 is 1.53 bits per heavy atom. The monoisotopic (exact) mass is 248 g/mol. The highest BCUT2D eigenvalue weighted by molar-refractivity contribution is 7.08. The zero-order chi connectivity index (χ0) is 12.3. The molecule has 0 aromatic carbocycles. The average molecular weight is 248 g/mol. The molecule has 0 aliphatic rings. The highest BCUT2D eigenvalue weighted by Crippen LogP contribution is 2.23. The van der Waals surface area contributed by atoms with Crippen molar-refractivity contribution in [2.24, 2.45) is 5.92 Å². The molecule has 2 aromatic heterocycles. The third-order valence-electron chi connectivity index (χ3n) is 2.65. The van der Waals surface area contributed by atoms with Crippen LogP contribution in [0.5, 0.6) is 0 Å². The number of nitrogens with zero attached hydrogens (tertiary/aromatic N) is 2. The normalized spacial score (nSPS) is 11.0. The molecule has 4 heteroatoms. The Kier molecular flexibility index (Phi) is 3.74. The van der Waals surface area contributed by atoms with E-state index in [-0.39, 0.29) is 0 Å². The summed E-state index contributed by atoms with van der Waals surface area (Å²) >= 11 is 1.62. The minimum absolute atomic E-state index is 0.642. The molecule has 0 atom stereocenters. The minimum atomic E-state index is 0.642. The number of hydrogen-bond acceptors (Lipinski definition) is 3. The van der Waals surface area contributed by atoms with E-state index in [1.165, 1.54) is 0 Å². The lowest BCUT2D eigenvalue weighted by molar-refractivity contribution is 0.112. The zero-order valence-corrected chi connectivity index (χ0v) is 10.9. The van der Waals surface area contributed by atoms with Gasteiger partial charge in [-0.15, -0.1) is 0 Å². The van der Waals surface area contributed by atoms with Crippen LogP contribution in [0.3, 0.4) is 0 Å². The van der Waals surface area contributed by atoms with E-state index in [4.69, 9.17) is 0 Å². The second-order valence-electron chi connectivity index (χ2n) is 4.51. The average Bonchev–Trinajstić information content (AvgIpc) is 2.94. The van der Waals surface area contributed by atoms with Crippen molar-refractivity contribution in [1.82, 2.24) is 9.78 Å². The molecule has 17 heavy (non-hydrogen) atoms. The van der Waals surface area contributed by atoms with Crippen LogP contribution in [-0.4, -0.2) is 16.1 Å². The Balaban J connectivity index is 2.24. The van der Waals surface area contributed by atoms with Gasteiger partial charge in [0, 0.05) is 23.7 Å². The van der Waals surface area contributed by atoms with Crippen molar-refractivity contribution >= 4 is 17.6 Å². The smallest absolute Gasteiger partial charge is 0.153 e. The summed E-state index contributed by atoms with van der Waals surface area (Å²) in [5.41, 5.74) is 2.50. The summed E-state index contributed by atoms with van der Waals surface area (Å²) in [5.74, 6) is 0.642. The molecule has 0 saturated heterocycles. The molecular formula is C13H16N2OS. The predicted molar refractivity (Wildman–Crippen MR) is 70.4 cm³/mol. The quantitative estimate of drug-likeness (QED) is 0.759. The maximum atomic E-state index is 11.0. The minimum Gasteiger partial charge on any atom is -0.298 e. The van der Waals surface area contributed by atoms with E-state index in [0.717, 1.165) is 30.5 Å². The molecule has 0 bridgehead atoms. The number of aromatic nitrogens is 2. The lowest BCUT2D eigenvalue weighted by Gasteiger charge is -2.03. The van der Waals surface area contributed by atoms with Gasteiger partial charge in [-0.05, 0) is 23.8 Å². The van der Waals surface area contributed by atoms with Crippen molar-refractivity contribution in [2.75, 3.05) is 0 Å². The molecule has 0 amide bonds. The Morgan fingerprint density at radius 3 is 2.94 bits per heavy atom. The molecule has 0 fully saturated rings. The van der Waals surface area contributed by atoms with Crippen LogP contribution in [0.1, 0.15) is 30.6 Å². The first kappa shape index (κ1) is 12.0. The van der Waals surface area contributed by atoms with Crippen LogP contribution in [0.4, 0.5) is 0 Å². The standard InChI is InChI=1S/C13H16N2OS/c1-10(2)3-5-15-7-12(8-16)13(14-15)11-4-6-17-9-11/h4,6-10H,3,5H2,1-2H3. The third-order valence-corrected chi connectivity index (χ3v) is 3.33. The van der Waals surface area contributed by atoms with Crippen LogP contribution >= 0.6 is 11.3 Å². The van der Waals surface area contributed by atoms with Crippen molar-refractivity contribution in [3.8, 4) is 11.3 Å².